The van der Waals surface area contributed by atoms with Gasteiger partial charge in [-0.05, 0) is 22.6 Å². The van der Waals surface area contributed by atoms with Crippen LogP contribution in [0.2, 0.25) is 0 Å². The van der Waals surface area contributed by atoms with Gasteiger partial charge in [-0.15, -0.1) is 0 Å². The lowest BCUT2D eigenvalue weighted by Crippen LogP contribution is -2.08. The third-order valence-electron chi connectivity index (χ3n) is 0.969. The van der Waals surface area contributed by atoms with E-state index >= 15 is 0 Å². The van der Waals surface area contributed by atoms with Gasteiger partial charge < -0.3 is 0 Å². The fourth-order valence-electron chi connectivity index (χ4n) is 0.505. The van der Waals surface area contributed by atoms with Gasteiger partial charge in [0.05, 0.1) is 0 Å². The van der Waals surface area contributed by atoms with Crippen LogP contribution in [0, 0.1) is 3.70 Å². The summed E-state index contributed by atoms with van der Waals surface area (Å²) in [4.78, 5) is 6.68. The molecule has 0 aliphatic heterocycles. The zero-order chi connectivity index (χ0) is 8.48. The minimum Gasteiger partial charge on any atom is -0.244 e. The molecule has 0 aromatic carbocycles. The van der Waals surface area contributed by atoms with E-state index in [-0.39, 0.29) is 3.70 Å². The highest BCUT2D eigenvalue weighted by Gasteiger charge is 2.33. The lowest BCUT2D eigenvalue weighted by atomic mass is 10.3. The van der Waals surface area contributed by atoms with E-state index in [1.807, 2.05) is 0 Å². The van der Waals surface area contributed by atoms with E-state index in [0.29, 0.717) is 0 Å². The van der Waals surface area contributed by atoms with Crippen LogP contribution in [-0.4, -0.2) is 9.97 Å². The summed E-state index contributed by atoms with van der Waals surface area (Å²) in [6, 6.07) is 0. The third kappa shape index (κ3) is 2.01. The molecular weight excluding hydrogens is 272 g/mol. The molecule has 60 valence electrons. The molecule has 0 unspecified atom stereocenters. The van der Waals surface area contributed by atoms with E-state index in [9.17, 15) is 13.2 Å². The van der Waals surface area contributed by atoms with E-state index in [0.717, 1.165) is 12.5 Å². The van der Waals surface area contributed by atoms with Gasteiger partial charge in [-0.2, -0.15) is 13.2 Å². The maximum absolute atomic E-state index is 12.0. The maximum Gasteiger partial charge on any atom is 0.420 e. The molecule has 0 amide bonds. The Balaban J connectivity index is 3.14. The van der Waals surface area contributed by atoms with E-state index in [2.05, 4.69) is 9.97 Å². The number of hydrogen-bond acceptors (Lipinski definition) is 2. The van der Waals surface area contributed by atoms with Crippen molar-refractivity contribution in [1.82, 2.24) is 9.97 Å². The molecule has 2 nitrogen and oxygen atoms in total. The van der Waals surface area contributed by atoms with Crippen molar-refractivity contribution in [2.24, 2.45) is 0 Å². The van der Waals surface area contributed by atoms with Gasteiger partial charge in [-0.1, -0.05) is 0 Å². The van der Waals surface area contributed by atoms with Gasteiger partial charge >= 0.3 is 6.18 Å². The summed E-state index contributed by atoms with van der Waals surface area (Å²) in [6.45, 7) is 0. The molecule has 0 spiro atoms. The van der Waals surface area contributed by atoms with Crippen LogP contribution in [0.4, 0.5) is 13.2 Å². The molecule has 1 heterocycles. The fraction of sp³-hybridized carbons (Fsp3) is 0.200. The van der Waals surface area contributed by atoms with Crippen LogP contribution >= 0.6 is 22.6 Å². The van der Waals surface area contributed by atoms with Crippen LogP contribution in [-0.2, 0) is 6.18 Å². The van der Waals surface area contributed by atoms with Gasteiger partial charge in [0.1, 0.15) is 15.6 Å². The molecule has 0 bridgehead atoms. The van der Waals surface area contributed by atoms with Crippen LogP contribution in [0.15, 0.2) is 12.5 Å². The summed E-state index contributed by atoms with van der Waals surface area (Å²) in [5.41, 5.74) is -0.791. The molecule has 0 aliphatic rings. The molecule has 0 fully saturated rings. The highest BCUT2D eigenvalue weighted by molar-refractivity contribution is 14.1. The Bertz CT molecular complexity index is 260. The van der Waals surface area contributed by atoms with Crippen molar-refractivity contribution >= 4 is 22.6 Å². The first-order valence-corrected chi connectivity index (χ1v) is 3.62. The van der Waals surface area contributed by atoms with E-state index in [1.165, 1.54) is 22.6 Å². The monoisotopic (exact) mass is 274 g/mol. The van der Waals surface area contributed by atoms with Crippen molar-refractivity contribution < 1.29 is 13.2 Å². The molecule has 0 aliphatic carbocycles. The molecule has 0 radical (unpaired) electrons. The van der Waals surface area contributed by atoms with E-state index in [1.54, 1.807) is 0 Å². The second kappa shape index (κ2) is 2.92. The standard InChI is InChI=1S/C5H2F3IN2/c6-5(7,8)3-1-10-2-11-4(3)9/h1-2H. The first-order chi connectivity index (χ1) is 5.02. The largest absolute Gasteiger partial charge is 0.420 e. The molecule has 0 saturated heterocycles. The van der Waals surface area contributed by atoms with Crippen LogP contribution in [0.3, 0.4) is 0 Å². The van der Waals surface area contributed by atoms with Gasteiger partial charge in [0.25, 0.3) is 0 Å². The van der Waals surface area contributed by atoms with Gasteiger partial charge in [-0.3, -0.25) is 0 Å². The SMILES string of the molecule is FC(F)(F)c1cncnc1I. The molecule has 0 atom stereocenters. The van der Waals surface area contributed by atoms with E-state index in [4.69, 9.17) is 0 Å². The number of hydrogen-bond donors (Lipinski definition) is 0. The molecule has 1 rings (SSSR count). The van der Waals surface area contributed by atoms with Crippen molar-refractivity contribution in [2.75, 3.05) is 0 Å². The number of halogens is 4. The summed E-state index contributed by atoms with van der Waals surface area (Å²) in [6.07, 6.45) is -2.51. The van der Waals surface area contributed by atoms with Crippen LogP contribution < -0.4 is 0 Å². The highest BCUT2D eigenvalue weighted by Crippen LogP contribution is 2.30. The summed E-state index contributed by atoms with van der Waals surface area (Å²) in [7, 11) is 0. The molecular formula is C5H2F3IN2. The van der Waals surface area contributed by atoms with Gasteiger partial charge in [-0.25, -0.2) is 9.97 Å². The normalized spacial score (nSPS) is 11.6. The Morgan fingerprint density at radius 2 is 2.00 bits per heavy atom. The molecule has 6 heteroatoms. The molecule has 0 N–H and O–H groups in total. The lowest BCUT2D eigenvalue weighted by Gasteiger charge is -2.05. The summed E-state index contributed by atoms with van der Waals surface area (Å²) >= 11 is 1.51. The van der Waals surface area contributed by atoms with Crippen LogP contribution in [0.1, 0.15) is 5.56 Å². The van der Waals surface area contributed by atoms with Crippen molar-refractivity contribution in [2.45, 2.75) is 6.18 Å². The Morgan fingerprint density at radius 3 is 2.36 bits per heavy atom. The van der Waals surface area contributed by atoms with Crippen LogP contribution in [0.25, 0.3) is 0 Å². The fourth-order valence-corrected chi connectivity index (χ4v) is 1.07. The summed E-state index contributed by atoms with van der Waals surface area (Å²) in [5, 5.41) is 0. The van der Waals surface area contributed by atoms with Crippen molar-refractivity contribution in [3.8, 4) is 0 Å². The molecule has 1 aromatic rings. The maximum atomic E-state index is 12.0. The Hall–Kier alpha value is -0.400. The number of alkyl halides is 3. The first kappa shape index (κ1) is 8.69. The Labute approximate surface area is 74.0 Å². The molecule has 1 aromatic heterocycles. The zero-order valence-corrected chi connectivity index (χ0v) is 7.22. The van der Waals surface area contributed by atoms with Gasteiger partial charge in [0.15, 0.2) is 0 Å². The number of rotatable bonds is 0. The van der Waals surface area contributed by atoms with Crippen molar-refractivity contribution in [3.63, 3.8) is 0 Å². The quantitative estimate of drug-likeness (QED) is 0.535. The predicted molar refractivity (Wildman–Crippen MR) is 39.8 cm³/mol. The average Bonchev–Trinajstić information content (AvgIpc) is 1.86. The molecule has 0 saturated carbocycles. The smallest absolute Gasteiger partial charge is 0.244 e. The summed E-state index contributed by atoms with van der Waals surface area (Å²) in [5.74, 6) is 0. The van der Waals surface area contributed by atoms with Crippen molar-refractivity contribution in [3.05, 3.63) is 21.8 Å². The second-order valence-corrected chi connectivity index (χ2v) is 2.75. The first-order valence-electron chi connectivity index (χ1n) is 2.54. The molecule has 11 heavy (non-hydrogen) atoms. The highest BCUT2D eigenvalue weighted by atomic mass is 127. The Morgan fingerprint density at radius 1 is 1.36 bits per heavy atom. The van der Waals surface area contributed by atoms with Crippen LogP contribution in [0.5, 0.6) is 0 Å². The number of nitrogens with zero attached hydrogens (tertiary/aromatic N) is 2. The topological polar surface area (TPSA) is 25.8 Å². The summed E-state index contributed by atoms with van der Waals surface area (Å²) < 4.78 is 35.8. The number of aromatic nitrogens is 2. The predicted octanol–water partition coefficient (Wildman–Crippen LogP) is 2.10. The minimum atomic E-state index is -4.35. The minimum absolute atomic E-state index is 0.0786. The second-order valence-electron chi connectivity index (χ2n) is 1.72. The lowest BCUT2D eigenvalue weighted by molar-refractivity contribution is -0.138. The average molecular weight is 274 g/mol. The third-order valence-corrected chi connectivity index (χ3v) is 1.83. The zero-order valence-electron chi connectivity index (χ0n) is 5.06. The van der Waals surface area contributed by atoms with E-state index < -0.39 is 11.7 Å². The van der Waals surface area contributed by atoms with Gasteiger partial charge in [0.2, 0.25) is 0 Å². The van der Waals surface area contributed by atoms with Crippen molar-refractivity contribution in [1.29, 1.82) is 0 Å². The van der Waals surface area contributed by atoms with Gasteiger partial charge in [0, 0.05) is 6.20 Å². The Kier molecular flexibility index (Phi) is 2.31.